The van der Waals surface area contributed by atoms with Crippen LogP contribution in [0.4, 0.5) is 45.5 Å². The fraction of sp³-hybridized carbons (Fsp3) is 0.109. The summed E-state index contributed by atoms with van der Waals surface area (Å²) in [5.41, 5.74) is 43.5. The van der Waals surface area contributed by atoms with E-state index < -0.39 is 32.9 Å². The predicted molar refractivity (Wildman–Crippen MR) is 537 cm³/mol. The molecule has 0 aliphatic heterocycles. The highest BCUT2D eigenvalue weighted by molar-refractivity contribution is 6.97. The largest absolute Gasteiger partial charge is 0.391 e. The van der Waals surface area contributed by atoms with Gasteiger partial charge in [-0.15, -0.1) is 12.8 Å². The van der Waals surface area contributed by atoms with Crippen LogP contribution in [-0.4, -0.2) is 89.3 Å². The number of hydrogen-bond donors (Lipinski definition) is 4. The van der Waals surface area contributed by atoms with Gasteiger partial charge in [0.25, 0.3) is 0 Å². The van der Waals surface area contributed by atoms with Gasteiger partial charge in [-0.25, -0.2) is 0 Å². The van der Waals surface area contributed by atoms with Crippen molar-refractivity contribution in [1.29, 1.82) is 0 Å². The number of nitrogens with one attached hydrogen (secondary N) is 4. The zero-order valence-corrected chi connectivity index (χ0v) is 74.7. The minimum absolute atomic E-state index is 0.896. The van der Waals surface area contributed by atoms with Gasteiger partial charge in [0.2, 0.25) is 0 Å². The van der Waals surface area contributed by atoms with E-state index in [1.807, 2.05) is 0 Å². The van der Waals surface area contributed by atoms with Crippen LogP contribution >= 0.6 is 0 Å². The lowest BCUT2D eigenvalue weighted by Crippen LogP contribution is -2.38. The van der Waals surface area contributed by atoms with E-state index in [9.17, 15) is 0 Å². The van der Waals surface area contributed by atoms with Crippen LogP contribution in [0.1, 0.15) is 33.4 Å². The second kappa shape index (κ2) is 32.8. The Kier molecular flexibility index (Phi) is 21.4. The lowest BCUT2D eigenvalue weighted by molar-refractivity contribution is 1.14. The molecule has 8 nitrogen and oxygen atoms in total. The van der Waals surface area contributed by atoms with Crippen LogP contribution in [0.5, 0.6) is 0 Å². The molecular weight excluding hydrogens is 1550 g/mol. The Labute approximate surface area is 720 Å². The van der Waals surface area contributed by atoms with Crippen molar-refractivity contribution in [1.82, 2.24) is 0 Å². The fourth-order valence-corrected chi connectivity index (χ4v) is 23.0. The molecular formula is C110H90N8Si4. The van der Waals surface area contributed by atoms with Crippen LogP contribution in [0.15, 0.2) is 291 Å². The third-order valence-electron chi connectivity index (χ3n) is 23.0. The van der Waals surface area contributed by atoms with Crippen molar-refractivity contribution >= 4 is 186 Å². The maximum atomic E-state index is 6.57. The molecule has 0 bridgehead atoms. The van der Waals surface area contributed by atoms with Gasteiger partial charge in [0.05, 0.1) is 0 Å². The molecule has 0 amide bonds. The van der Waals surface area contributed by atoms with Gasteiger partial charge in [-0.3, -0.25) is 0 Å². The van der Waals surface area contributed by atoms with Gasteiger partial charge in [0.1, 0.15) is 0 Å². The number of rotatable bonds is 12. The van der Waals surface area contributed by atoms with E-state index in [2.05, 4.69) is 493 Å². The maximum absolute atomic E-state index is 6.57. The Bertz CT molecular complexity index is 7090. The molecule has 0 fully saturated rings. The molecule has 17 aromatic carbocycles. The zero-order chi connectivity index (χ0) is 84.6. The van der Waals surface area contributed by atoms with Crippen molar-refractivity contribution in [3.8, 4) is 92.7 Å². The zero-order valence-electron chi connectivity index (χ0n) is 70.7. The average molecular weight is 1640 g/mol. The Morgan fingerprint density at radius 2 is 0.361 bits per heavy atom. The Morgan fingerprint density at radius 3 is 0.525 bits per heavy atom. The molecule has 0 aliphatic carbocycles. The van der Waals surface area contributed by atoms with Crippen molar-refractivity contribution in [2.75, 3.05) is 95.9 Å². The van der Waals surface area contributed by atoms with Gasteiger partial charge in [-0.05, 0) is 161 Å². The molecule has 17 rings (SSSR count). The van der Waals surface area contributed by atoms with Gasteiger partial charge in [-0.1, -0.05) is 323 Å². The van der Waals surface area contributed by atoms with Crippen LogP contribution in [0.25, 0.3) is 108 Å². The van der Waals surface area contributed by atoms with E-state index in [1.54, 1.807) is 0 Å². The summed E-state index contributed by atoms with van der Waals surface area (Å²) in [6.45, 7) is 8.71. The number of fused-ring (bicyclic) bond motifs is 10. The van der Waals surface area contributed by atoms with E-state index in [-0.39, 0.29) is 0 Å². The molecule has 0 aliphatic rings. The Balaban J connectivity index is 0.811. The number of hydrogen-bond acceptors (Lipinski definition) is 8. The number of benzene rings is 17. The summed E-state index contributed by atoms with van der Waals surface area (Å²) in [6, 6.07) is 103. The average Bonchev–Trinajstić information content (AvgIpc) is 0.750. The Morgan fingerprint density at radius 1 is 0.205 bits per heavy atom. The molecule has 0 saturated heterocycles. The summed E-state index contributed by atoms with van der Waals surface area (Å²) in [5, 5.41) is 20.8. The molecule has 12 heteroatoms. The SMILES string of the molecule is C#C[Si](C)(C#Cc1c2ccccc2c(C#C[Si](C)(C#Cc2c3ccccc3c(C#C[Si](C)(C#Cc3c4ccccc4c(C#C[Si](C)(C#C)Nc4cccc5cccc(N(C)C)c45)c4ccccc34)Nc3cccc4cccc(N(C)C)c34)c3ccccc23)Nc2cccc3cccc(N(C)C)c23)c2ccccc12)Nc1cccc2cccc(N(C)C)c12. The monoisotopic (exact) mass is 1630 g/mol. The van der Waals surface area contributed by atoms with Gasteiger partial charge >= 0.3 is 32.9 Å². The first-order valence-corrected chi connectivity index (χ1v) is 51.0. The summed E-state index contributed by atoms with van der Waals surface area (Å²) in [7, 11) is 4.05. The van der Waals surface area contributed by atoms with E-state index in [4.69, 9.17) is 12.8 Å². The number of terminal acetylenes is 2. The third-order valence-corrected chi connectivity index (χ3v) is 31.0. The standard InChI is InChI=1S/C110H90N8Si4/c1-15-119(11,111-99-57-29-37-77-41-33-61-103(107(77)99)115(3)4)71-65-93-81-45-17-21-49-85(81)95(86-50-22-18-46-82(86)93)67-73-121(13,113-101-59-31-39-79-43-35-63-105(109(79)101)117(7)8)75-69-97-89-53-25-27-55-91(89)98(92-56-28-26-54-90(92)97)70-76-122(14,114-102-60-32-40-80-44-36-64-106(110(80)102)118(9)10)74-68-96-87-51-23-19-47-83(87)94(84-48-20-24-52-88(84)96)66-72-120(12,16-2)112-100-58-30-38-78-42-34-62-104(108(78)100)116(5)6/h1-2,17-64,111-114H,3-14H3. The summed E-state index contributed by atoms with van der Waals surface area (Å²) in [5.74, 6) is 23.2. The molecule has 0 spiro atoms. The van der Waals surface area contributed by atoms with Crippen LogP contribution in [0.2, 0.25) is 26.2 Å². The molecule has 0 radical (unpaired) electrons. The second-order valence-corrected chi connectivity index (χ2v) is 44.7. The number of nitrogens with zero attached hydrogens (tertiary/aromatic N) is 4. The van der Waals surface area contributed by atoms with Crippen LogP contribution < -0.4 is 39.5 Å². The molecule has 4 unspecified atom stereocenters. The first-order chi connectivity index (χ1) is 59.1. The molecule has 586 valence electrons. The first kappa shape index (κ1) is 79.5. The highest BCUT2D eigenvalue weighted by Gasteiger charge is 2.31. The van der Waals surface area contributed by atoms with Crippen molar-refractivity contribution in [3.63, 3.8) is 0 Å². The van der Waals surface area contributed by atoms with Crippen molar-refractivity contribution in [2.24, 2.45) is 0 Å². The normalized spacial score (nSPS) is 12.9. The predicted octanol–water partition coefficient (Wildman–Crippen LogP) is 23.3. The highest BCUT2D eigenvalue weighted by atomic mass is 28.3. The van der Waals surface area contributed by atoms with Crippen LogP contribution in [0.3, 0.4) is 0 Å². The van der Waals surface area contributed by atoms with Crippen molar-refractivity contribution in [2.45, 2.75) is 26.2 Å². The maximum Gasteiger partial charge on any atom is 0.312 e. The van der Waals surface area contributed by atoms with Gasteiger partial charge in [0, 0.05) is 157 Å². The third kappa shape index (κ3) is 15.3. The number of anilines is 8. The van der Waals surface area contributed by atoms with Crippen LogP contribution in [0, 0.1) is 92.7 Å². The van der Waals surface area contributed by atoms with E-state index >= 15 is 0 Å². The smallest absolute Gasteiger partial charge is 0.312 e. The molecule has 0 aromatic heterocycles. The quantitative estimate of drug-likeness (QED) is 0.0548. The molecule has 0 heterocycles. The second-order valence-electron chi connectivity index (χ2n) is 32.6. The van der Waals surface area contributed by atoms with Gasteiger partial charge in [-0.2, -0.15) is 0 Å². The minimum atomic E-state index is -3.35. The molecule has 0 saturated carbocycles. The first-order valence-electron chi connectivity index (χ1n) is 41.0. The summed E-state index contributed by atoms with van der Waals surface area (Å²) >= 11 is 0. The topological polar surface area (TPSA) is 61.1 Å². The fourth-order valence-electron chi connectivity index (χ4n) is 17.0. The van der Waals surface area contributed by atoms with Gasteiger partial charge < -0.3 is 39.5 Å². The molecule has 122 heavy (non-hydrogen) atoms. The summed E-state index contributed by atoms with van der Waals surface area (Å²) in [4.78, 5) is 24.6. The van der Waals surface area contributed by atoms with E-state index in [1.165, 1.54) is 0 Å². The molecule has 17 aromatic rings. The molecule has 4 atom stereocenters. The summed E-state index contributed by atoms with van der Waals surface area (Å²) in [6.07, 6.45) is 13.1. The van der Waals surface area contributed by atoms with Crippen molar-refractivity contribution in [3.05, 3.63) is 325 Å². The highest BCUT2D eigenvalue weighted by Crippen LogP contribution is 2.42. The Hall–Kier alpha value is -14.9. The van der Waals surface area contributed by atoms with Crippen molar-refractivity contribution < 1.29 is 0 Å². The van der Waals surface area contributed by atoms with Gasteiger partial charge in [0.15, 0.2) is 0 Å². The van der Waals surface area contributed by atoms with Crippen LogP contribution in [-0.2, 0) is 0 Å². The summed E-state index contributed by atoms with van der Waals surface area (Å²) < 4.78 is 0. The van der Waals surface area contributed by atoms with E-state index in [0.717, 1.165) is 187 Å². The lowest BCUT2D eigenvalue weighted by Gasteiger charge is -2.23. The lowest BCUT2D eigenvalue weighted by atomic mass is 9.92. The minimum Gasteiger partial charge on any atom is -0.391 e. The molecule has 4 N–H and O–H groups in total. The van der Waals surface area contributed by atoms with E-state index in [0.29, 0.717) is 0 Å².